The summed E-state index contributed by atoms with van der Waals surface area (Å²) in [6, 6.07) is 11.0. The predicted molar refractivity (Wildman–Crippen MR) is 78.6 cm³/mol. The number of hydrogen-bond acceptors (Lipinski definition) is 4. The second-order valence-electron chi connectivity index (χ2n) is 3.92. The molecule has 3 amide bonds. The average Bonchev–Trinajstić information content (AvgIpc) is 2.94. The quantitative estimate of drug-likeness (QED) is 0.801. The third kappa shape index (κ3) is 3.79. The summed E-state index contributed by atoms with van der Waals surface area (Å²) in [6.07, 6.45) is 0. The van der Waals surface area contributed by atoms with Crippen LogP contribution in [0.1, 0.15) is 0 Å². The van der Waals surface area contributed by atoms with Gasteiger partial charge in [-0.1, -0.05) is 30.3 Å². The molecule has 0 radical (unpaired) electrons. The van der Waals surface area contributed by atoms with E-state index in [2.05, 4.69) is 20.3 Å². The summed E-state index contributed by atoms with van der Waals surface area (Å²) in [5, 5.41) is 8.13. The fraction of sp³-hybridized carbons (Fsp3) is 0.154. The molecule has 20 heavy (non-hydrogen) atoms. The molecular weight excluding hydrogens is 276 g/mol. The van der Waals surface area contributed by atoms with Crippen LogP contribution in [0.3, 0.4) is 0 Å². The van der Waals surface area contributed by atoms with Gasteiger partial charge in [-0.2, -0.15) is 4.37 Å². The minimum Gasteiger partial charge on any atom is -0.358 e. The van der Waals surface area contributed by atoms with Crippen molar-refractivity contribution in [3.8, 4) is 11.3 Å². The molecule has 0 saturated heterocycles. The number of urea groups is 1. The summed E-state index contributed by atoms with van der Waals surface area (Å²) in [7, 11) is 1.51. The van der Waals surface area contributed by atoms with Crippen LogP contribution in [0, 0.1) is 0 Å². The maximum atomic E-state index is 11.6. The third-order valence-electron chi connectivity index (χ3n) is 2.50. The average molecular weight is 290 g/mol. The molecular formula is C13H14N4O2S. The monoisotopic (exact) mass is 290 g/mol. The van der Waals surface area contributed by atoms with Crippen LogP contribution in [0.5, 0.6) is 0 Å². The predicted octanol–water partition coefficient (Wildman–Crippen LogP) is 1.68. The molecule has 7 heteroatoms. The van der Waals surface area contributed by atoms with E-state index in [9.17, 15) is 9.59 Å². The van der Waals surface area contributed by atoms with Gasteiger partial charge in [0.25, 0.3) is 0 Å². The van der Waals surface area contributed by atoms with Crippen molar-refractivity contribution in [2.45, 2.75) is 0 Å². The minimum absolute atomic E-state index is 0.0628. The van der Waals surface area contributed by atoms with Crippen molar-refractivity contribution in [3.05, 3.63) is 36.4 Å². The number of hydrogen-bond donors (Lipinski definition) is 3. The first-order valence-electron chi connectivity index (χ1n) is 5.96. The summed E-state index contributed by atoms with van der Waals surface area (Å²) in [6.45, 7) is -0.0628. The summed E-state index contributed by atoms with van der Waals surface area (Å²) in [5.41, 5.74) is 1.79. The number of carbonyl (C=O) groups excluding carboxylic acids is 2. The van der Waals surface area contributed by atoms with E-state index in [1.807, 2.05) is 30.3 Å². The van der Waals surface area contributed by atoms with E-state index >= 15 is 0 Å². The van der Waals surface area contributed by atoms with Crippen LogP contribution in [0.25, 0.3) is 11.3 Å². The molecule has 2 rings (SSSR count). The number of anilines is 1. The van der Waals surface area contributed by atoms with E-state index in [-0.39, 0.29) is 12.5 Å². The SMILES string of the molecule is CNC(=O)CNC(=O)Nc1cc(-c2ccccc2)ns1. The number of nitrogens with zero attached hydrogens (tertiary/aromatic N) is 1. The Morgan fingerprint density at radius 2 is 2.00 bits per heavy atom. The largest absolute Gasteiger partial charge is 0.358 e. The van der Waals surface area contributed by atoms with Crippen molar-refractivity contribution in [2.75, 3.05) is 18.9 Å². The first-order valence-corrected chi connectivity index (χ1v) is 6.74. The lowest BCUT2D eigenvalue weighted by atomic mass is 10.2. The van der Waals surface area contributed by atoms with Gasteiger partial charge in [0.15, 0.2) is 0 Å². The molecule has 0 bridgehead atoms. The van der Waals surface area contributed by atoms with Crippen molar-refractivity contribution >= 4 is 28.5 Å². The van der Waals surface area contributed by atoms with Crippen molar-refractivity contribution in [3.63, 3.8) is 0 Å². The minimum atomic E-state index is -0.433. The molecule has 3 N–H and O–H groups in total. The van der Waals surface area contributed by atoms with E-state index in [4.69, 9.17) is 0 Å². The van der Waals surface area contributed by atoms with Crippen LogP contribution in [0.15, 0.2) is 36.4 Å². The Labute approximate surface area is 120 Å². The van der Waals surface area contributed by atoms with Crippen molar-refractivity contribution in [1.29, 1.82) is 0 Å². The van der Waals surface area contributed by atoms with E-state index in [1.165, 1.54) is 18.6 Å². The van der Waals surface area contributed by atoms with Crippen LogP contribution in [0.2, 0.25) is 0 Å². The number of amides is 3. The highest BCUT2D eigenvalue weighted by atomic mass is 32.1. The van der Waals surface area contributed by atoms with Gasteiger partial charge in [0.2, 0.25) is 5.91 Å². The summed E-state index contributed by atoms with van der Waals surface area (Å²) < 4.78 is 4.27. The Kier molecular flexibility index (Phi) is 4.67. The maximum absolute atomic E-state index is 11.6. The Hall–Kier alpha value is -2.41. The van der Waals surface area contributed by atoms with Crippen LogP contribution in [0.4, 0.5) is 9.80 Å². The van der Waals surface area contributed by atoms with Gasteiger partial charge >= 0.3 is 6.03 Å². The van der Waals surface area contributed by atoms with Crippen molar-refractivity contribution in [2.24, 2.45) is 0 Å². The zero-order valence-corrected chi connectivity index (χ0v) is 11.7. The van der Waals surface area contributed by atoms with Crippen LogP contribution in [-0.2, 0) is 4.79 Å². The van der Waals surface area contributed by atoms with Gasteiger partial charge in [0, 0.05) is 18.7 Å². The standard InChI is InChI=1S/C13H14N4O2S/c1-14-11(18)8-15-13(19)16-12-7-10(17-20-12)9-5-3-2-4-6-9/h2-7H,8H2,1H3,(H,14,18)(H2,15,16,19). The van der Waals surface area contributed by atoms with E-state index in [1.54, 1.807) is 6.07 Å². The number of likely N-dealkylation sites (N-methyl/N-ethyl adjacent to an activating group) is 1. The number of aromatic nitrogens is 1. The highest BCUT2D eigenvalue weighted by Crippen LogP contribution is 2.24. The lowest BCUT2D eigenvalue weighted by molar-refractivity contribution is -0.119. The number of benzene rings is 1. The summed E-state index contributed by atoms with van der Waals surface area (Å²) in [4.78, 5) is 22.5. The van der Waals surface area contributed by atoms with Crippen LogP contribution in [-0.4, -0.2) is 29.9 Å². The van der Waals surface area contributed by atoms with Gasteiger partial charge in [0.05, 0.1) is 12.2 Å². The molecule has 0 spiro atoms. The molecule has 0 aliphatic heterocycles. The Morgan fingerprint density at radius 3 is 2.70 bits per heavy atom. The topological polar surface area (TPSA) is 83.1 Å². The van der Waals surface area contributed by atoms with Crippen LogP contribution >= 0.6 is 11.5 Å². The zero-order valence-electron chi connectivity index (χ0n) is 10.8. The second kappa shape index (κ2) is 6.67. The molecule has 1 aromatic carbocycles. The fourth-order valence-corrected chi connectivity index (χ4v) is 2.14. The van der Waals surface area contributed by atoms with E-state index < -0.39 is 6.03 Å². The summed E-state index contributed by atoms with van der Waals surface area (Å²) in [5.74, 6) is -0.255. The molecule has 0 saturated carbocycles. The van der Waals surface area contributed by atoms with E-state index in [0.29, 0.717) is 5.00 Å². The first-order chi connectivity index (χ1) is 9.69. The normalized spacial score (nSPS) is 9.85. The molecule has 6 nitrogen and oxygen atoms in total. The summed E-state index contributed by atoms with van der Waals surface area (Å²) >= 11 is 1.19. The van der Waals surface area contributed by atoms with Gasteiger partial charge < -0.3 is 10.6 Å². The maximum Gasteiger partial charge on any atom is 0.320 e. The highest BCUT2D eigenvalue weighted by molar-refractivity contribution is 7.10. The molecule has 1 heterocycles. The van der Waals surface area contributed by atoms with Crippen LogP contribution < -0.4 is 16.0 Å². The third-order valence-corrected chi connectivity index (χ3v) is 3.21. The molecule has 0 aliphatic carbocycles. The first kappa shape index (κ1) is 14.0. The molecule has 0 fully saturated rings. The zero-order chi connectivity index (χ0) is 14.4. The van der Waals surface area contributed by atoms with Gasteiger partial charge in [-0.3, -0.25) is 10.1 Å². The molecule has 0 aliphatic rings. The van der Waals surface area contributed by atoms with Gasteiger partial charge in [-0.25, -0.2) is 4.79 Å². The van der Waals surface area contributed by atoms with Gasteiger partial charge in [-0.05, 0) is 11.5 Å². The Bertz CT molecular complexity index is 597. The second-order valence-corrected chi connectivity index (χ2v) is 4.73. The lowest BCUT2D eigenvalue weighted by Crippen LogP contribution is -2.37. The number of carbonyl (C=O) groups is 2. The van der Waals surface area contributed by atoms with Crippen molar-refractivity contribution < 1.29 is 9.59 Å². The molecule has 1 aromatic heterocycles. The lowest BCUT2D eigenvalue weighted by Gasteiger charge is -2.04. The van der Waals surface area contributed by atoms with Gasteiger partial charge in [0.1, 0.15) is 5.00 Å². The molecule has 2 aromatic rings. The smallest absolute Gasteiger partial charge is 0.320 e. The molecule has 104 valence electrons. The molecule has 0 atom stereocenters. The Balaban J connectivity index is 1.93. The fourth-order valence-electron chi connectivity index (χ4n) is 1.48. The highest BCUT2D eigenvalue weighted by Gasteiger charge is 2.08. The van der Waals surface area contributed by atoms with Gasteiger partial charge in [-0.15, -0.1) is 0 Å². The van der Waals surface area contributed by atoms with E-state index in [0.717, 1.165) is 11.3 Å². The number of rotatable bonds is 4. The number of nitrogens with one attached hydrogen (secondary N) is 3. The van der Waals surface area contributed by atoms with Crippen molar-refractivity contribution in [1.82, 2.24) is 15.0 Å². The Morgan fingerprint density at radius 1 is 1.25 bits per heavy atom. The molecule has 0 unspecified atom stereocenters.